The molecule has 0 aromatic heterocycles. The van der Waals surface area contributed by atoms with Gasteiger partial charge in [0.2, 0.25) is 0 Å². The predicted octanol–water partition coefficient (Wildman–Crippen LogP) is 4.55. The molecule has 0 saturated heterocycles. The second kappa shape index (κ2) is 8.64. The zero-order valence-corrected chi connectivity index (χ0v) is 13.8. The van der Waals surface area contributed by atoms with Crippen LogP contribution in [0, 0.1) is 5.82 Å². The van der Waals surface area contributed by atoms with Gasteiger partial charge >= 0.3 is 0 Å². The van der Waals surface area contributed by atoms with Crippen molar-refractivity contribution in [1.29, 1.82) is 0 Å². The molecule has 1 N–H and O–H groups in total. The molecule has 21 heavy (non-hydrogen) atoms. The van der Waals surface area contributed by atoms with E-state index >= 15 is 0 Å². The number of ether oxygens (including phenoxy) is 1. The van der Waals surface area contributed by atoms with E-state index in [4.69, 9.17) is 4.74 Å². The quantitative estimate of drug-likeness (QED) is 0.798. The lowest BCUT2D eigenvalue weighted by atomic mass is 10.0. The molecule has 1 aromatic rings. The highest BCUT2D eigenvalue weighted by Gasteiger charge is 2.20. The van der Waals surface area contributed by atoms with Crippen LogP contribution in [0.4, 0.5) is 4.39 Å². The first kappa shape index (κ1) is 16.6. The van der Waals surface area contributed by atoms with Gasteiger partial charge in [-0.25, -0.2) is 4.39 Å². The number of methoxy groups -OCH3 is 1. The Balaban J connectivity index is 2.05. The third-order valence-corrected chi connectivity index (χ3v) is 5.54. The number of benzene rings is 1. The molecule has 1 atom stereocenters. The molecule has 0 radical (unpaired) electrons. The molecule has 1 unspecified atom stereocenters. The molecule has 2 rings (SSSR count). The van der Waals surface area contributed by atoms with Crippen LogP contribution < -0.4 is 10.1 Å². The first-order valence-corrected chi connectivity index (χ1v) is 8.98. The second-order valence-electron chi connectivity index (χ2n) is 5.59. The van der Waals surface area contributed by atoms with Gasteiger partial charge in [0.15, 0.2) is 0 Å². The van der Waals surface area contributed by atoms with Gasteiger partial charge in [0.05, 0.1) is 7.11 Å². The van der Waals surface area contributed by atoms with E-state index in [0.29, 0.717) is 0 Å². The summed E-state index contributed by atoms with van der Waals surface area (Å²) in [6.45, 7) is 2.96. The summed E-state index contributed by atoms with van der Waals surface area (Å²) in [6, 6.07) is 4.93. The fraction of sp³-hybridized carbons (Fsp3) is 0.647. The third kappa shape index (κ3) is 4.89. The largest absolute Gasteiger partial charge is 0.496 e. The molecular formula is C17H26FNOS. The minimum absolute atomic E-state index is 0.146. The molecule has 4 heteroatoms. The highest BCUT2D eigenvalue weighted by atomic mass is 32.2. The highest BCUT2D eigenvalue weighted by Crippen LogP contribution is 2.33. The van der Waals surface area contributed by atoms with Gasteiger partial charge in [0.1, 0.15) is 11.6 Å². The van der Waals surface area contributed by atoms with E-state index < -0.39 is 0 Å². The summed E-state index contributed by atoms with van der Waals surface area (Å²) >= 11 is 2.02. The van der Waals surface area contributed by atoms with E-state index in [1.165, 1.54) is 38.2 Å². The van der Waals surface area contributed by atoms with E-state index in [9.17, 15) is 4.39 Å². The van der Waals surface area contributed by atoms with Crippen LogP contribution >= 0.6 is 11.8 Å². The maximum absolute atomic E-state index is 13.6. The Bertz CT molecular complexity index is 435. The normalized spacial score (nSPS) is 17.7. The number of rotatable bonds is 7. The van der Waals surface area contributed by atoms with Crippen molar-refractivity contribution in [3.8, 4) is 5.75 Å². The van der Waals surface area contributed by atoms with Gasteiger partial charge in [0.25, 0.3) is 0 Å². The summed E-state index contributed by atoms with van der Waals surface area (Å²) in [4.78, 5) is 0. The van der Waals surface area contributed by atoms with Crippen molar-refractivity contribution in [3.63, 3.8) is 0 Å². The van der Waals surface area contributed by atoms with Crippen LogP contribution in [0.15, 0.2) is 18.2 Å². The van der Waals surface area contributed by atoms with Gasteiger partial charge < -0.3 is 10.1 Å². The van der Waals surface area contributed by atoms with Crippen molar-refractivity contribution in [2.75, 3.05) is 19.4 Å². The molecule has 2 nitrogen and oxygen atoms in total. The van der Waals surface area contributed by atoms with Gasteiger partial charge in [-0.2, -0.15) is 11.8 Å². The van der Waals surface area contributed by atoms with Gasteiger partial charge in [0, 0.05) is 22.6 Å². The van der Waals surface area contributed by atoms with E-state index in [2.05, 4.69) is 12.2 Å². The summed E-state index contributed by atoms with van der Waals surface area (Å²) < 4.78 is 19.0. The summed E-state index contributed by atoms with van der Waals surface area (Å²) in [5.74, 6) is 1.54. The summed E-state index contributed by atoms with van der Waals surface area (Å²) in [6.07, 6.45) is 6.73. The Morgan fingerprint density at radius 1 is 1.33 bits per heavy atom. The molecule has 0 amide bonds. The topological polar surface area (TPSA) is 21.3 Å². The minimum Gasteiger partial charge on any atom is -0.496 e. The molecule has 0 bridgehead atoms. The molecule has 0 aliphatic heterocycles. The zero-order chi connectivity index (χ0) is 15.1. The van der Waals surface area contributed by atoms with E-state index in [1.807, 2.05) is 11.8 Å². The maximum atomic E-state index is 13.6. The lowest BCUT2D eigenvalue weighted by Crippen LogP contribution is -2.25. The van der Waals surface area contributed by atoms with Gasteiger partial charge in [-0.05, 0) is 37.6 Å². The first-order chi connectivity index (χ1) is 10.2. The van der Waals surface area contributed by atoms with Gasteiger partial charge in [-0.1, -0.05) is 26.2 Å². The molecule has 1 saturated carbocycles. The molecule has 1 aliphatic carbocycles. The van der Waals surface area contributed by atoms with Crippen LogP contribution in [0.1, 0.15) is 50.6 Å². The number of thioether (sulfide) groups is 1. The van der Waals surface area contributed by atoms with Crippen molar-refractivity contribution >= 4 is 11.8 Å². The Hall–Kier alpha value is -0.740. The maximum Gasteiger partial charge on any atom is 0.123 e. The lowest BCUT2D eigenvalue weighted by molar-refractivity contribution is 0.401. The Morgan fingerprint density at radius 3 is 2.76 bits per heavy atom. The fourth-order valence-electron chi connectivity index (χ4n) is 2.95. The van der Waals surface area contributed by atoms with Crippen molar-refractivity contribution in [2.24, 2.45) is 0 Å². The highest BCUT2D eigenvalue weighted by molar-refractivity contribution is 7.99. The van der Waals surface area contributed by atoms with E-state index in [0.717, 1.165) is 28.9 Å². The fourth-order valence-corrected chi connectivity index (χ4v) is 4.38. The smallest absolute Gasteiger partial charge is 0.123 e. The monoisotopic (exact) mass is 311 g/mol. The molecule has 0 heterocycles. The van der Waals surface area contributed by atoms with E-state index in [-0.39, 0.29) is 11.9 Å². The number of hydrogen-bond acceptors (Lipinski definition) is 3. The SMILES string of the molecule is CCNC(CSC1CCCCC1)c1cc(F)ccc1OC. The number of halogens is 1. The average Bonchev–Trinajstić information content (AvgIpc) is 2.52. The van der Waals surface area contributed by atoms with Gasteiger partial charge in [-0.3, -0.25) is 0 Å². The minimum atomic E-state index is -0.198. The molecular weight excluding hydrogens is 285 g/mol. The molecule has 0 spiro atoms. The van der Waals surface area contributed by atoms with Crippen LogP contribution in [-0.4, -0.2) is 24.7 Å². The van der Waals surface area contributed by atoms with Crippen molar-refractivity contribution in [1.82, 2.24) is 5.32 Å². The van der Waals surface area contributed by atoms with Crippen LogP contribution in [0.2, 0.25) is 0 Å². The lowest BCUT2D eigenvalue weighted by Gasteiger charge is -2.25. The number of hydrogen-bond donors (Lipinski definition) is 1. The average molecular weight is 311 g/mol. The van der Waals surface area contributed by atoms with Gasteiger partial charge in [-0.15, -0.1) is 0 Å². The predicted molar refractivity (Wildman–Crippen MR) is 88.7 cm³/mol. The Kier molecular flexibility index (Phi) is 6.84. The van der Waals surface area contributed by atoms with Crippen molar-refractivity contribution in [3.05, 3.63) is 29.6 Å². The Morgan fingerprint density at radius 2 is 2.10 bits per heavy atom. The first-order valence-electron chi connectivity index (χ1n) is 7.93. The second-order valence-corrected chi connectivity index (χ2v) is 6.92. The Labute approximate surface area is 131 Å². The van der Waals surface area contributed by atoms with Crippen LogP contribution in [0.5, 0.6) is 5.75 Å². The summed E-state index contributed by atoms with van der Waals surface area (Å²) in [7, 11) is 1.65. The van der Waals surface area contributed by atoms with Crippen molar-refractivity contribution < 1.29 is 9.13 Å². The van der Waals surface area contributed by atoms with E-state index in [1.54, 1.807) is 19.2 Å². The van der Waals surface area contributed by atoms with Crippen molar-refractivity contribution in [2.45, 2.75) is 50.3 Å². The third-order valence-electron chi connectivity index (χ3n) is 4.07. The van der Waals surface area contributed by atoms with Crippen LogP contribution in [-0.2, 0) is 0 Å². The van der Waals surface area contributed by atoms with Crippen LogP contribution in [0.3, 0.4) is 0 Å². The van der Waals surface area contributed by atoms with Crippen LogP contribution in [0.25, 0.3) is 0 Å². The summed E-state index contributed by atoms with van der Waals surface area (Å²) in [5.41, 5.74) is 0.933. The molecule has 1 aromatic carbocycles. The molecule has 118 valence electrons. The summed E-state index contributed by atoms with van der Waals surface area (Å²) in [5, 5.41) is 4.24. The molecule has 1 fully saturated rings. The molecule has 1 aliphatic rings. The number of nitrogens with one attached hydrogen (secondary N) is 1. The standard InChI is InChI=1S/C17H26FNOS/c1-3-19-16(12-21-14-7-5-4-6-8-14)15-11-13(18)9-10-17(15)20-2/h9-11,14,16,19H,3-8,12H2,1-2H3. The zero-order valence-electron chi connectivity index (χ0n) is 13.0.